The van der Waals surface area contributed by atoms with Crippen LogP contribution < -0.4 is 5.32 Å². The van der Waals surface area contributed by atoms with Gasteiger partial charge in [0.1, 0.15) is 17.6 Å². The standard InChI is InChI=1S/C25H32F3N5O4/c1-14(34)30-20(24(2,3)4)23(37)33-13-16(35)10-19(33)21-29-11-18(31-21)22(36)32(5)12-15-8-6-7-9-17(15)25(26,27)28/h6-9,11,16,19-20,35H,10,12-13H2,1-5H3,(H,29,31)(H,30,34)/t16-,19+,20-/m1/s1. The van der Waals surface area contributed by atoms with Crippen molar-refractivity contribution in [2.45, 2.75) is 65.0 Å². The molecule has 0 saturated carbocycles. The third kappa shape index (κ3) is 6.48. The normalized spacial score (nSPS) is 19.0. The Bertz CT molecular complexity index is 1160. The number of hydrogen-bond donors (Lipinski definition) is 3. The summed E-state index contributed by atoms with van der Waals surface area (Å²) in [6.45, 7) is 6.49. The summed E-state index contributed by atoms with van der Waals surface area (Å²) >= 11 is 0. The summed E-state index contributed by atoms with van der Waals surface area (Å²) in [5.74, 6) is -1.09. The molecule has 3 rings (SSSR count). The molecule has 2 heterocycles. The highest BCUT2D eigenvalue weighted by Crippen LogP contribution is 2.34. The second-order valence-electron chi connectivity index (χ2n) is 10.4. The highest BCUT2D eigenvalue weighted by Gasteiger charge is 2.43. The molecule has 3 amide bonds. The SMILES string of the molecule is CC(=O)N[C@H](C(=O)N1C[C@H](O)C[C@H]1c1ncc(C(=O)N(C)Cc2ccccc2C(F)(F)F)[nH]1)C(C)(C)C. The topological polar surface area (TPSA) is 119 Å². The van der Waals surface area contributed by atoms with Crippen molar-refractivity contribution < 1.29 is 32.7 Å². The van der Waals surface area contributed by atoms with Crippen LogP contribution in [0.2, 0.25) is 0 Å². The molecule has 2 aromatic rings. The highest BCUT2D eigenvalue weighted by atomic mass is 19.4. The lowest BCUT2D eigenvalue weighted by atomic mass is 9.85. The van der Waals surface area contributed by atoms with Crippen molar-refractivity contribution in [1.29, 1.82) is 0 Å². The van der Waals surface area contributed by atoms with Crippen molar-refractivity contribution in [2.75, 3.05) is 13.6 Å². The molecule has 1 aromatic heterocycles. The Labute approximate surface area is 213 Å². The summed E-state index contributed by atoms with van der Waals surface area (Å²) < 4.78 is 40.0. The number of likely N-dealkylation sites (tertiary alicyclic amines) is 1. The smallest absolute Gasteiger partial charge is 0.391 e. The number of halogens is 3. The Kier molecular flexibility index (Phi) is 8.01. The molecule has 37 heavy (non-hydrogen) atoms. The Hall–Kier alpha value is -3.41. The zero-order valence-electron chi connectivity index (χ0n) is 21.4. The number of alkyl halides is 3. The third-order valence-electron chi connectivity index (χ3n) is 6.24. The number of imidazole rings is 1. The molecule has 1 fully saturated rings. The number of nitrogens with zero attached hydrogens (tertiary/aromatic N) is 3. The molecule has 12 heteroatoms. The molecule has 0 aliphatic carbocycles. The van der Waals surface area contributed by atoms with Crippen LogP contribution in [0.15, 0.2) is 30.5 Å². The average Bonchev–Trinajstić information content (AvgIpc) is 3.42. The first-order valence-corrected chi connectivity index (χ1v) is 11.8. The van der Waals surface area contributed by atoms with Crippen LogP contribution >= 0.6 is 0 Å². The van der Waals surface area contributed by atoms with Crippen LogP contribution in [0.1, 0.15) is 67.6 Å². The lowest BCUT2D eigenvalue weighted by Gasteiger charge is -2.35. The van der Waals surface area contributed by atoms with Crippen molar-refractivity contribution in [3.8, 4) is 0 Å². The number of benzene rings is 1. The highest BCUT2D eigenvalue weighted by molar-refractivity contribution is 5.92. The number of aliphatic hydroxyl groups excluding tert-OH is 1. The first-order chi connectivity index (χ1) is 17.1. The van der Waals surface area contributed by atoms with Gasteiger partial charge in [-0.05, 0) is 17.0 Å². The van der Waals surface area contributed by atoms with Gasteiger partial charge in [0.25, 0.3) is 5.91 Å². The lowest BCUT2D eigenvalue weighted by molar-refractivity contribution is -0.140. The second kappa shape index (κ2) is 10.5. The molecule has 3 atom stereocenters. The van der Waals surface area contributed by atoms with Crippen molar-refractivity contribution in [3.63, 3.8) is 0 Å². The quantitative estimate of drug-likeness (QED) is 0.538. The minimum Gasteiger partial charge on any atom is -0.391 e. The summed E-state index contributed by atoms with van der Waals surface area (Å²) in [5.41, 5.74) is -1.44. The largest absolute Gasteiger partial charge is 0.416 e. The van der Waals surface area contributed by atoms with E-state index in [-0.39, 0.29) is 42.5 Å². The number of aromatic nitrogens is 2. The predicted octanol–water partition coefficient (Wildman–Crippen LogP) is 2.89. The van der Waals surface area contributed by atoms with Crippen LogP contribution in [-0.2, 0) is 22.3 Å². The van der Waals surface area contributed by atoms with E-state index in [0.717, 1.165) is 11.0 Å². The first kappa shape index (κ1) is 28.2. The van der Waals surface area contributed by atoms with E-state index in [1.807, 2.05) is 20.8 Å². The molecule has 1 aliphatic rings. The van der Waals surface area contributed by atoms with Gasteiger partial charge in [0.2, 0.25) is 11.8 Å². The first-order valence-electron chi connectivity index (χ1n) is 11.8. The molecule has 1 aromatic carbocycles. The van der Waals surface area contributed by atoms with Crippen LogP contribution in [0.5, 0.6) is 0 Å². The van der Waals surface area contributed by atoms with Crippen molar-refractivity contribution in [1.82, 2.24) is 25.1 Å². The van der Waals surface area contributed by atoms with Gasteiger partial charge in [-0.1, -0.05) is 39.0 Å². The third-order valence-corrected chi connectivity index (χ3v) is 6.24. The number of aliphatic hydroxyl groups is 1. The summed E-state index contributed by atoms with van der Waals surface area (Å²) in [4.78, 5) is 47.8. The van der Waals surface area contributed by atoms with Gasteiger partial charge in [-0.2, -0.15) is 13.2 Å². The molecular weight excluding hydrogens is 491 g/mol. The Morgan fingerprint density at radius 3 is 2.49 bits per heavy atom. The number of β-amino-alcohol motifs (C(OH)–C–C–N with tert-alkyl or cyclic N) is 1. The van der Waals surface area contributed by atoms with Gasteiger partial charge in [-0.25, -0.2) is 4.98 Å². The van der Waals surface area contributed by atoms with Gasteiger partial charge < -0.3 is 25.2 Å². The van der Waals surface area contributed by atoms with E-state index in [0.29, 0.717) is 0 Å². The molecule has 3 N–H and O–H groups in total. The fraction of sp³-hybridized carbons (Fsp3) is 0.520. The number of carbonyl (C=O) groups is 3. The van der Waals surface area contributed by atoms with Crippen LogP contribution in [0.4, 0.5) is 13.2 Å². The van der Waals surface area contributed by atoms with Crippen molar-refractivity contribution >= 4 is 17.7 Å². The van der Waals surface area contributed by atoms with Gasteiger partial charge in [-0.3, -0.25) is 14.4 Å². The Morgan fingerprint density at radius 1 is 1.24 bits per heavy atom. The zero-order valence-corrected chi connectivity index (χ0v) is 21.4. The number of amides is 3. The number of H-pyrrole nitrogens is 1. The van der Waals surface area contributed by atoms with E-state index in [2.05, 4.69) is 15.3 Å². The van der Waals surface area contributed by atoms with E-state index in [4.69, 9.17) is 0 Å². The molecular formula is C25H32F3N5O4. The molecule has 9 nitrogen and oxygen atoms in total. The molecule has 1 saturated heterocycles. The monoisotopic (exact) mass is 523 g/mol. The van der Waals surface area contributed by atoms with Crippen LogP contribution in [0.3, 0.4) is 0 Å². The maximum absolute atomic E-state index is 13.4. The fourth-order valence-corrected chi connectivity index (χ4v) is 4.42. The number of aromatic amines is 1. The summed E-state index contributed by atoms with van der Waals surface area (Å²) in [6.07, 6.45) is -3.97. The van der Waals surface area contributed by atoms with E-state index in [1.54, 1.807) is 0 Å². The zero-order chi connectivity index (χ0) is 27.7. The predicted molar refractivity (Wildman–Crippen MR) is 128 cm³/mol. The molecule has 202 valence electrons. The molecule has 0 spiro atoms. The molecule has 0 radical (unpaired) electrons. The Balaban J connectivity index is 1.81. The molecule has 0 bridgehead atoms. The lowest BCUT2D eigenvalue weighted by Crippen LogP contribution is -2.54. The maximum atomic E-state index is 13.4. The summed E-state index contributed by atoms with van der Waals surface area (Å²) in [5, 5.41) is 13.0. The average molecular weight is 524 g/mol. The number of carbonyl (C=O) groups excluding carboxylic acids is 3. The summed E-state index contributed by atoms with van der Waals surface area (Å²) in [7, 11) is 1.38. The molecule has 1 aliphatic heterocycles. The van der Waals surface area contributed by atoms with E-state index in [1.165, 1.54) is 43.3 Å². The van der Waals surface area contributed by atoms with Gasteiger partial charge in [0.15, 0.2) is 0 Å². The molecule has 0 unspecified atom stereocenters. The maximum Gasteiger partial charge on any atom is 0.416 e. The fourth-order valence-electron chi connectivity index (χ4n) is 4.42. The summed E-state index contributed by atoms with van der Waals surface area (Å²) in [6, 6.07) is 3.50. The minimum absolute atomic E-state index is 0.0216. The number of rotatable bonds is 6. The number of hydrogen-bond acceptors (Lipinski definition) is 5. The minimum atomic E-state index is -4.55. The second-order valence-corrected chi connectivity index (χ2v) is 10.4. The van der Waals surface area contributed by atoms with Gasteiger partial charge in [0.05, 0.1) is 23.9 Å². The Morgan fingerprint density at radius 2 is 1.89 bits per heavy atom. The van der Waals surface area contributed by atoms with E-state index in [9.17, 15) is 32.7 Å². The van der Waals surface area contributed by atoms with E-state index >= 15 is 0 Å². The van der Waals surface area contributed by atoms with Crippen LogP contribution in [0.25, 0.3) is 0 Å². The van der Waals surface area contributed by atoms with Crippen molar-refractivity contribution in [3.05, 3.63) is 53.1 Å². The van der Waals surface area contributed by atoms with Gasteiger partial charge >= 0.3 is 6.18 Å². The van der Waals surface area contributed by atoms with Gasteiger partial charge in [-0.15, -0.1) is 0 Å². The van der Waals surface area contributed by atoms with Gasteiger partial charge in [0, 0.05) is 33.5 Å². The number of nitrogens with one attached hydrogen (secondary N) is 2. The van der Waals surface area contributed by atoms with Crippen LogP contribution in [-0.4, -0.2) is 68.3 Å². The van der Waals surface area contributed by atoms with Crippen LogP contribution in [0, 0.1) is 5.41 Å². The van der Waals surface area contributed by atoms with Crippen molar-refractivity contribution in [2.24, 2.45) is 5.41 Å². The van der Waals surface area contributed by atoms with E-state index < -0.39 is 47.2 Å².